The molecule has 6 heteroatoms. The molecule has 1 aromatic rings. The van der Waals surface area contributed by atoms with E-state index in [1.807, 2.05) is 0 Å². The van der Waals surface area contributed by atoms with Gasteiger partial charge in [0.25, 0.3) is 0 Å². The predicted octanol–water partition coefficient (Wildman–Crippen LogP) is 0.839. The van der Waals surface area contributed by atoms with Crippen molar-refractivity contribution in [2.24, 2.45) is 0 Å². The average molecular weight is 161 g/mol. The van der Waals surface area contributed by atoms with Crippen LogP contribution in [0.5, 0.6) is 0 Å². The van der Waals surface area contributed by atoms with Gasteiger partial charge in [0.1, 0.15) is 5.82 Å². The molecule has 0 bridgehead atoms. The number of aryl methyl sites for hydroxylation is 1. The van der Waals surface area contributed by atoms with Crippen molar-refractivity contribution in [1.29, 1.82) is 0 Å². The quantitative estimate of drug-likeness (QED) is 0.570. The topological polar surface area (TPSA) is 25.8 Å². The van der Waals surface area contributed by atoms with E-state index < -0.39 is 12.4 Å². The summed E-state index contributed by atoms with van der Waals surface area (Å²) in [7, 11) is 0. The van der Waals surface area contributed by atoms with Crippen molar-refractivity contribution in [3.05, 3.63) is 18.2 Å². The summed E-state index contributed by atoms with van der Waals surface area (Å²) in [6.45, 7) is -3.41. The fourth-order valence-electron chi connectivity index (χ4n) is 0.572. The maximum Gasteiger partial charge on any atom is 0.512 e. The Hall–Kier alpha value is -1.07. The normalized spacial score (nSPS) is 11.6. The molecule has 0 aromatic carbocycles. The Labute approximate surface area is 61.5 Å². The molecular weight excluding hydrogens is 156 g/mol. The Kier molecular flexibility index (Phi) is 1.84. The van der Waals surface area contributed by atoms with Crippen molar-refractivity contribution in [2.75, 3.05) is 0 Å². The summed E-state index contributed by atoms with van der Waals surface area (Å²) in [6.07, 6.45) is 1.59. The molecule has 0 spiro atoms. The minimum Gasteiger partial charge on any atom is -0.445 e. The fraction of sp³-hybridized carbons (Fsp3) is 0.200. The summed E-state index contributed by atoms with van der Waals surface area (Å²) >= 11 is 0. The molecule has 0 aliphatic carbocycles. The third kappa shape index (κ3) is 1.93. The maximum atomic E-state index is 11.9. The van der Waals surface area contributed by atoms with E-state index in [-0.39, 0.29) is 0 Å². The van der Waals surface area contributed by atoms with Crippen molar-refractivity contribution in [3.63, 3.8) is 0 Å². The van der Waals surface area contributed by atoms with Gasteiger partial charge in [-0.15, -0.1) is 0 Å². The highest BCUT2D eigenvalue weighted by atomic mass is 19.4. The van der Waals surface area contributed by atoms with Crippen molar-refractivity contribution < 1.29 is 12.9 Å². The van der Waals surface area contributed by atoms with Gasteiger partial charge in [0.2, 0.25) is 0 Å². The zero-order valence-corrected chi connectivity index (χ0v) is 5.76. The lowest BCUT2D eigenvalue weighted by Crippen LogP contribution is -2.34. The third-order valence-corrected chi connectivity index (χ3v) is 1.18. The van der Waals surface area contributed by atoms with Crippen LogP contribution >= 0.6 is 0 Å². The van der Waals surface area contributed by atoms with E-state index in [1.165, 1.54) is 6.92 Å². The van der Waals surface area contributed by atoms with Gasteiger partial charge in [-0.2, -0.15) is 0 Å². The highest BCUT2D eigenvalue weighted by molar-refractivity contribution is 6.73. The summed E-state index contributed by atoms with van der Waals surface area (Å²) in [5.41, 5.74) is -0.754. The molecule has 0 saturated heterocycles. The molecule has 0 N–H and O–H groups in total. The Bertz CT molecular complexity index is 243. The van der Waals surface area contributed by atoms with Crippen LogP contribution in [0.25, 0.3) is 0 Å². The van der Waals surface area contributed by atoms with E-state index in [1.54, 1.807) is 0 Å². The SMILES string of the molecule is Cc1ncc([B-](F)(F)F)cn1. The predicted molar refractivity (Wildman–Crippen MR) is 35.5 cm³/mol. The van der Waals surface area contributed by atoms with Gasteiger partial charge in [-0.25, -0.2) is 9.97 Å². The summed E-state index contributed by atoms with van der Waals surface area (Å²) in [6, 6.07) is 0. The molecule has 0 saturated carbocycles. The second kappa shape index (κ2) is 2.52. The Balaban J connectivity index is 2.99. The van der Waals surface area contributed by atoms with Gasteiger partial charge >= 0.3 is 6.98 Å². The van der Waals surface area contributed by atoms with E-state index in [4.69, 9.17) is 0 Å². The van der Waals surface area contributed by atoms with E-state index in [0.29, 0.717) is 5.82 Å². The zero-order valence-electron chi connectivity index (χ0n) is 5.76. The minimum atomic E-state index is -4.94. The second-order valence-electron chi connectivity index (χ2n) is 2.14. The standard InChI is InChI=1S/C5H5BF3N2/c1-4-10-2-5(3-11-4)6(7,8)9/h2-3H,1H3/q-1. The number of rotatable bonds is 1. The van der Waals surface area contributed by atoms with Crippen molar-refractivity contribution >= 4 is 12.4 Å². The summed E-state index contributed by atoms with van der Waals surface area (Å²) in [4.78, 5) is 6.86. The van der Waals surface area contributed by atoms with Crippen LogP contribution in [-0.4, -0.2) is 16.9 Å². The maximum absolute atomic E-state index is 11.9. The molecule has 0 unspecified atom stereocenters. The highest BCUT2D eigenvalue weighted by Crippen LogP contribution is 2.06. The van der Waals surface area contributed by atoms with E-state index in [2.05, 4.69) is 9.97 Å². The van der Waals surface area contributed by atoms with Crippen LogP contribution in [0.3, 0.4) is 0 Å². The minimum absolute atomic E-state index is 0.341. The van der Waals surface area contributed by atoms with Crippen molar-refractivity contribution in [1.82, 2.24) is 9.97 Å². The number of hydrogen-bond donors (Lipinski definition) is 0. The van der Waals surface area contributed by atoms with Gasteiger partial charge in [0.05, 0.1) is 0 Å². The van der Waals surface area contributed by atoms with Crippen molar-refractivity contribution in [3.8, 4) is 0 Å². The summed E-state index contributed by atoms with van der Waals surface area (Å²) in [5, 5.41) is 0. The molecule has 0 fully saturated rings. The lowest BCUT2D eigenvalue weighted by atomic mass is 9.83. The molecule has 60 valence electrons. The molecule has 0 aliphatic rings. The van der Waals surface area contributed by atoms with E-state index in [0.717, 1.165) is 12.4 Å². The van der Waals surface area contributed by atoms with Crippen LogP contribution < -0.4 is 5.46 Å². The molecule has 2 nitrogen and oxygen atoms in total. The fourth-order valence-corrected chi connectivity index (χ4v) is 0.572. The van der Waals surface area contributed by atoms with Gasteiger partial charge < -0.3 is 12.9 Å². The smallest absolute Gasteiger partial charge is 0.445 e. The first kappa shape index (κ1) is 8.04. The first-order valence-corrected chi connectivity index (χ1v) is 2.98. The molecule has 11 heavy (non-hydrogen) atoms. The molecule has 1 aromatic heterocycles. The molecule has 1 heterocycles. The lowest BCUT2D eigenvalue weighted by Gasteiger charge is -2.12. The zero-order chi connectivity index (χ0) is 8.48. The highest BCUT2D eigenvalue weighted by Gasteiger charge is 2.25. The van der Waals surface area contributed by atoms with Crippen LogP contribution in [0.15, 0.2) is 12.4 Å². The molecule has 0 radical (unpaired) electrons. The van der Waals surface area contributed by atoms with E-state index in [9.17, 15) is 12.9 Å². The van der Waals surface area contributed by atoms with Gasteiger partial charge in [-0.05, 0) is 6.92 Å². The Morgan fingerprint density at radius 3 is 2.00 bits per heavy atom. The first-order chi connectivity index (χ1) is 5.00. The number of halogens is 3. The van der Waals surface area contributed by atoms with Gasteiger partial charge in [-0.1, -0.05) is 5.46 Å². The van der Waals surface area contributed by atoms with E-state index >= 15 is 0 Å². The Morgan fingerprint density at radius 1 is 1.18 bits per heavy atom. The molecule has 1 rings (SSSR count). The van der Waals surface area contributed by atoms with Crippen molar-refractivity contribution in [2.45, 2.75) is 6.92 Å². The molecule has 0 amide bonds. The van der Waals surface area contributed by atoms with Crippen LogP contribution in [0, 0.1) is 6.92 Å². The average Bonchev–Trinajstić information content (AvgIpc) is 1.86. The summed E-state index contributed by atoms with van der Waals surface area (Å²) < 4.78 is 35.7. The van der Waals surface area contributed by atoms with Crippen LogP contribution in [0.2, 0.25) is 0 Å². The molecular formula is C5H5BF3N2-. The van der Waals surface area contributed by atoms with Gasteiger partial charge in [0.15, 0.2) is 0 Å². The number of hydrogen-bond acceptors (Lipinski definition) is 2. The Morgan fingerprint density at radius 2 is 1.64 bits per heavy atom. The second-order valence-corrected chi connectivity index (χ2v) is 2.14. The first-order valence-electron chi connectivity index (χ1n) is 2.98. The lowest BCUT2D eigenvalue weighted by molar-refractivity contribution is 0.500. The van der Waals surface area contributed by atoms with Gasteiger partial charge in [-0.3, -0.25) is 0 Å². The summed E-state index contributed by atoms with van der Waals surface area (Å²) in [5.74, 6) is 0.341. The monoisotopic (exact) mass is 161 g/mol. The van der Waals surface area contributed by atoms with Crippen LogP contribution in [0.1, 0.15) is 5.82 Å². The third-order valence-electron chi connectivity index (χ3n) is 1.18. The van der Waals surface area contributed by atoms with Crippen LogP contribution in [-0.2, 0) is 0 Å². The largest absolute Gasteiger partial charge is 0.512 e. The molecule has 0 atom stereocenters. The number of nitrogens with zero attached hydrogens (tertiary/aromatic N) is 2. The van der Waals surface area contributed by atoms with Gasteiger partial charge in [0, 0.05) is 12.4 Å². The van der Waals surface area contributed by atoms with Crippen LogP contribution in [0.4, 0.5) is 12.9 Å². The number of aromatic nitrogens is 2. The molecule has 0 aliphatic heterocycles.